The zero-order valence-electron chi connectivity index (χ0n) is 11.9. The zero-order valence-corrected chi connectivity index (χ0v) is 12.7. The van der Waals surface area contributed by atoms with Gasteiger partial charge in [-0.05, 0) is 29.8 Å². The molecule has 0 bridgehead atoms. The molecule has 2 aromatic carbocycles. The maximum absolute atomic E-state index is 12.8. The van der Waals surface area contributed by atoms with E-state index in [1.165, 1.54) is 24.3 Å². The molecule has 2 aromatic rings. The van der Waals surface area contributed by atoms with Crippen molar-refractivity contribution in [1.82, 2.24) is 0 Å². The van der Waals surface area contributed by atoms with Crippen molar-refractivity contribution in [3.8, 4) is 11.1 Å². The number of hydrogen-bond donors (Lipinski definition) is 1. The summed E-state index contributed by atoms with van der Waals surface area (Å²) in [5, 5.41) is 0. The minimum Gasteiger partial charge on any atom is -0.366 e. The van der Waals surface area contributed by atoms with Gasteiger partial charge in [-0.3, -0.25) is 4.79 Å². The first-order chi connectivity index (χ1) is 10.5. The van der Waals surface area contributed by atoms with Gasteiger partial charge in [-0.15, -0.1) is 0 Å². The van der Waals surface area contributed by atoms with Gasteiger partial charge in [0, 0.05) is 17.4 Å². The van der Waals surface area contributed by atoms with Gasteiger partial charge in [-0.1, -0.05) is 18.2 Å². The average molecular weight is 343 g/mol. The predicted molar refractivity (Wildman–Crippen MR) is 78.5 cm³/mol. The number of primary amides is 1. The van der Waals surface area contributed by atoms with Crippen molar-refractivity contribution in [3.63, 3.8) is 0 Å². The van der Waals surface area contributed by atoms with Crippen LogP contribution in [-0.2, 0) is 16.0 Å². The zero-order chi connectivity index (χ0) is 17.4. The van der Waals surface area contributed by atoms with Gasteiger partial charge in [-0.25, -0.2) is 8.42 Å². The quantitative estimate of drug-likeness (QED) is 0.931. The molecule has 8 heteroatoms. The fourth-order valence-corrected chi connectivity index (χ4v) is 3.01. The Morgan fingerprint density at radius 2 is 1.74 bits per heavy atom. The Labute approximate surface area is 130 Å². The van der Waals surface area contributed by atoms with Crippen molar-refractivity contribution in [3.05, 3.63) is 53.6 Å². The molecule has 0 aliphatic carbocycles. The molecule has 122 valence electrons. The van der Waals surface area contributed by atoms with Gasteiger partial charge in [0.15, 0.2) is 9.84 Å². The lowest BCUT2D eigenvalue weighted by Crippen LogP contribution is -2.12. The number of halogens is 3. The van der Waals surface area contributed by atoms with Gasteiger partial charge in [0.1, 0.15) is 0 Å². The van der Waals surface area contributed by atoms with Crippen molar-refractivity contribution >= 4 is 15.7 Å². The number of carbonyl (C=O) groups excluding carboxylic acids is 1. The normalized spacial score (nSPS) is 12.2. The van der Waals surface area contributed by atoms with E-state index in [4.69, 9.17) is 5.73 Å². The molecular formula is C15H12F3NO3S. The third-order valence-electron chi connectivity index (χ3n) is 3.17. The van der Waals surface area contributed by atoms with Crippen LogP contribution in [0.5, 0.6) is 0 Å². The van der Waals surface area contributed by atoms with E-state index in [0.29, 0.717) is 0 Å². The Bertz CT molecular complexity index is 874. The molecule has 0 unspecified atom stereocenters. The predicted octanol–water partition coefficient (Wildman–Crippen LogP) is 2.87. The molecule has 0 fully saturated rings. The molecule has 0 atom stereocenters. The van der Waals surface area contributed by atoms with E-state index in [-0.39, 0.29) is 21.6 Å². The minimum absolute atomic E-state index is 0.0406. The monoisotopic (exact) mass is 343 g/mol. The van der Waals surface area contributed by atoms with E-state index in [0.717, 1.165) is 24.5 Å². The Balaban J connectivity index is 2.71. The molecule has 4 nitrogen and oxygen atoms in total. The molecule has 0 radical (unpaired) electrons. The number of sulfone groups is 1. The highest BCUT2D eigenvalue weighted by atomic mass is 32.2. The summed E-state index contributed by atoms with van der Waals surface area (Å²) in [4.78, 5) is 10.9. The Morgan fingerprint density at radius 1 is 1.09 bits per heavy atom. The lowest BCUT2D eigenvalue weighted by atomic mass is 10.0. The lowest BCUT2D eigenvalue weighted by Gasteiger charge is -2.12. The number of amides is 1. The third-order valence-corrected chi connectivity index (χ3v) is 4.30. The van der Waals surface area contributed by atoms with Crippen molar-refractivity contribution in [2.75, 3.05) is 6.26 Å². The fourth-order valence-electron chi connectivity index (χ4n) is 2.08. The van der Waals surface area contributed by atoms with E-state index < -0.39 is 27.5 Å². The van der Waals surface area contributed by atoms with Crippen LogP contribution in [0.15, 0.2) is 47.4 Å². The molecule has 0 aliphatic rings. The standard InChI is InChI=1S/C15H12F3NO3S/c1-23(21,22)13-8-10(14(19)20)5-6-12(13)9-3-2-4-11(7-9)15(16,17)18/h2-8H,1H3,(H2,19,20). The molecule has 0 aromatic heterocycles. The molecule has 2 rings (SSSR count). The van der Waals surface area contributed by atoms with E-state index in [9.17, 15) is 26.4 Å². The number of rotatable bonds is 3. The number of carbonyl (C=O) groups is 1. The highest BCUT2D eigenvalue weighted by Crippen LogP contribution is 2.34. The summed E-state index contributed by atoms with van der Waals surface area (Å²) in [6, 6.07) is 7.90. The van der Waals surface area contributed by atoms with Crippen molar-refractivity contribution < 1.29 is 26.4 Å². The van der Waals surface area contributed by atoms with Crippen LogP contribution in [0.3, 0.4) is 0 Å². The summed E-state index contributed by atoms with van der Waals surface area (Å²) < 4.78 is 62.2. The van der Waals surface area contributed by atoms with Crippen LogP contribution in [0.2, 0.25) is 0 Å². The van der Waals surface area contributed by atoms with Crippen LogP contribution < -0.4 is 5.73 Å². The largest absolute Gasteiger partial charge is 0.416 e. The fraction of sp³-hybridized carbons (Fsp3) is 0.133. The second-order valence-electron chi connectivity index (χ2n) is 4.93. The number of alkyl halides is 3. The molecule has 0 heterocycles. The second kappa shape index (κ2) is 5.69. The number of hydrogen-bond acceptors (Lipinski definition) is 3. The topological polar surface area (TPSA) is 77.2 Å². The summed E-state index contributed by atoms with van der Waals surface area (Å²) in [5.74, 6) is -0.828. The highest BCUT2D eigenvalue weighted by molar-refractivity contribution is 7.90. The first kappa shape index (κ1) is 17.0. The summed E-state index contributed by atoms with van der Waals surface area (Å²) in [6.07, 6.45) is -3.64. The Hall–Kier alpha value is -2.35. The molecule has 2 N–H and O–H groups in total. The van der Waals surface area contributed by atoms with E-state index in [1.807, 2.05) is 0 Å². The van der Waals surface area contributed by atoms with Crippen LogP contribution in [0.1, 0.15) is 15.9 Å². The molecule has 0 aliphatic heterocycles. The van der Waals surface area contributed by atoms with Crippen LogP contribution in [0.4, 0.5) is 13.2 Å². The summed E-state index contributed by atoms with van der Waals surface area (Å²) in [7, 11) is -3.77. The van der Waals surface area contributed by atoms with Gasteiger partial charge in [0.25, 0.3) is 0 Å². The molecule has 0 saturated heterocycles. The first-order valence-corrected chi connectivity index (χ1v) is 8.21. The Morgan fingerprint density at radius 3 is 2.26 bits per heavy atom. The molecule has 0 saturated carbocycles. The number of benzene rings is 2. The first-order valence-electron chi connectivity index (χ1n) is 6.31. The summed E-state index contributed by atoms with van der Waals surface area (Å²) in [6.45, 7) is 0. The van der Waals surface area contributed by atoms with Crippen LogP contribution >= 0.6 is 0 Å². The lowest BCUT2D eigenvalue weighted by molar-refractivity contribution is -0.137. The van der Waals surface area contributed by atoms with Crippen molar-refractivity contribution in [2.24, 2.45) is 5.73 Å². The van der Waals surface area contributed by atoms with Crippen LogP contribution in [-0.4, -0.2) is 20.6 Å². The maximum atomic E-state index is 12.8. The van der Waals surface area contributed by atoms with Crippen LogP contribution in [0.25, 0.3) is 11.1 Å². The van der Waals surface area contributed by atoms with E-state index in [1.54, 1.807) is 0 Å². The van der Waals surface area contributed by atoms with Gasteiger partial charge in [0.2, 0.25) is 5.91 Å². The van der Waals surface area contributed by atoms with Gasteiger partial charge in [0.05, 0.1) is 10.5 Å². The van der Waals surface area contributed by atoms with Crippen molar-refractivity contribution in [2.45, 2.75) is 11.1 Å². The van der Waals surface area contributed by atoms with E-state index in [2.05, 4.69) is 0 Å². The second-order valence-corrected chi connectivity index (χ2v) is 6.91. The highest BCUT2D eigenvalue weighted by Gasteiger charge is 2.30. The van der Waals surface area contributed by atoms with Crippen molar-refractivity contribution in [1.29, 1.82) is 0 Å². The van der Waals surface area contributed by atoms with Gasteiger partial charge < -0.3 is 5.73 Å². The molecular weight excluding hydrogens is 331 g/mol. The maximum Gasteiger partial charge on any atom is 0.416 e. The summed E-state index contributed by atoms with van der Waals surface area (Å²) >= 11 is 0. The third kappa shape index (κ3) is 3.70. The summed E-state index contributed by atoms with van der Waals surface area (Å²) in [5.41, 5.74) is 4.33. The van der Waals surface area contributed by atoms with Gasteiger partial charge >= 0.3 is 6.18 Å². The average Bonchev–Trinajstić information content (AvgIpc) is 2.45. The minimum atomic E-state index is -4.55. The van der Waals surface area contributed by atoms with E-state index >= 15 is 0 Å². The smallest absolute Gasteiger partial charge is 0.366 e. The van der Waals surface area contributed by atoms with Gasteiger partial charge in [-0.2, -0.15) is 13.2 Å². The number of nitrogens with two attached hydrogens (primary N) is 1. The molecule has 1 amide bonds. The molecule has 0 spiro atoms. The SMILES string of the molecule is CS(=O)(=O)c1cc(C(N)=O)ccc1-c1cccc(C(F)(F)F)c1. The van der Waals surface area contributed by atoms with Crippen LogP contribution in [0, 0.1) is 0 Å². The Kier molecular flexibility index (Phi) is 4.21. The molecule has 23 heavy (non-hydrogen) atoms.